The first-order valence-electron chi connectivity index (χ1n) is 13.7. The highest BCUT2D eigenvalue weighted by Gasteiger charge is 2.43. The first-order valence-corrected chi connectivity index (χ1v) is 14.4. The van der Waals surface area contributed by atoms with Gasteiger partial charge in [0.2, 0.25) is 5.91 Å². The number of para-hydroxylation sites is 1. The summed E-state index contributed by atoms with van der Waals surface area (Å²) in [6, 6.07) is 13.7. The molecule has 4 aromatic rings. The number of fused-ring (bicyclic) bond motifs is 1. The number of amides is 1. The van der Waals surface area contributed by atoms with E-state index in [1.807, 2.05) is 24.3 Å². The number of hydrogen-bond donors (Lipinski definition) is 1. The van der Waals surface area contributed by atoms with E-state index in [1.54, 1.807) is 16.8 Å². The number of aromatic nitrogens is 2. The maximum Gasteiger partial charge on any atom is 0.221 e. The van der Waals surface area contributed by atoms with Crippen molar-refractivity contribution in [1.82, 2.24) is 14.7 Å². The lowest BCUT2D eigenvalue weighted by atomic mass is 9.97. The summed E-state index contributed by atoms with van der Waals surface area (Å²) < 4.78 is 33.0. The second kappa shape index (κ2) is 11.2. The molecule has 0 unspecified atom stereocenters. The molecule has 214 valence electrons. The smallest absolute Gasteiger partial charge is 0.221 e. The molecule has 1 amide bonds. The van der Waals surface area contributed by atoms with Gasteiger partial charge in [0.15, 0.2) is 0 Å². The highest BCUT2D eigenvalue weighted by Crippen LogP contribution is 2.46. The summed E-state index contributed by atoms with van der Waals surface area (Å²) in [5.41, 5.74) is 5.27. The average Bonchev–Trinajstić information content (AvgIpc) is 3.41. The molecule has 5 nitrogen and oxygen atoms in total. The molecule has 1 aromatic heterocycles. The normalized spacial score (nSPS) is 14.4. The molecule has 9 heteroatoms. The Hall–Kier alpha value is -3.26. The van der Waals surface area contributed by atoms with Crippen LogP contribution in [-0.2, 0) is 36.3 Å². The molecule has 0 atom stereocenters. The van der Waals surface area contributed by atoms with E-state index in [2.05, 4.69) is 37.9 Å². The van der Waals surface area contributed by atoms with E-state index in [0.29, 0.717) is 28.8 Å². The van der Waals surface area contributed by atoms with Crippen LogP contribution in [0.4, 0.5) is 14.5 Å². The van der Waals surface area contributed by atoms with Crippen molar-refractivity contribution < 1.29 is 13.6 Å². The number of nitrogens with one attached hydrogen (secondary N) is 1. The van der Waals surface area contributed by atoms with Crippen molar-refractivity contribution in [2.24, 2.45) is 0 Å². The zero-order valence-corrected chi connectivity index (χ0v) is 25.2. The van der Waals surface area contributed by atoms with Gasteiger partial charge in [-0.3, -0.25) is 9.69 Å². The van der Waals surface area contributed by atoms with Crippen LogP contribution < -0.4 is 5.32 Å². The SMILES string of the molecule is CCc1cccc(CC)c1-n1nc2c(c1-c1cc(F)c(NC(C)=O)cc1F)CN(Cc1cc(Cl)ccc1Cl)C2(C)C. The Bertz CT molecular complexity index is 1640. The third-order valence-corrected chi connectivity index (χ3v) is 8.47. The van der Waals surface area contributed by atoms with Crippen LogP contribution in [-0.4, -0.2) is 20.6 Å². The van der Waals surface area contributed by atoms with Crippen LogP contribution >= 0.6 is 23.2 Å². The summed E-state index contributed by atoms with van der Waals surface area (Å²) in [6.07, 6.45) is 1.49. The molecular formula is C32H32Cl2F2N4O. The quantitative estimate of drug-likeness (QED) is 0.233. The molecule has 5 rings (SSSR count). The number of anilines is 1. The van der Waals surface area contributed by atoms with Crippen LogP contribution in [0.5, 0.6) is 0 Å². The fourth-order valence-corrected chi connectivity index (χ4v) is 6.07. The molecule has 3 aromatic carbocycles. The Morgan fingerprint density at radius 1 is 1.00 bits per heavy atom. The molecule has 0 bridgehead atoms. The predicted octanol–water partition coefficient (Wildman–Crippen LogP) is 8.46. The molecule has 0 spiro atoms. The number of rotatable bonds is 7. The van der Waals surface area contributed by atoms with Crippen LogP contribution in [0.3, 0.4) is 0 Å². The second-order valence-electron chi connectivity index (χ2n) is 10.9. The molecule has 1 aliphatic rings. The van der Waals surface area contributed by atoms with Gasteiger partial charge in [0.1, 0.15) is 11.6 Å². The third-order valence-electron chi connectivity index (χ3n) is 7.87. The molecule has 1 aliphatic heterocycles. The van der Waals surface area contributed by atoms with Gasteiger partial charge in [0.05, 0.1) is 28.3 Å². The molecule has 0 saturated heterocycles. The Labute approximate surface area is 249 Å². The fraction of sp³-hybridized carbons (Fsp3) is 0.312. The number of carbonyl (C=O) groups is 1. The van der Waals surface area contributed by atoms with Gasteiger partial charge in [-0.25, -0.2) is 13.5 Å². The third kappa shape index (κ3) is 5.27. The maximum atomic E-state index is 15.9. The zero-order chi connectivity index (χ0) is 29.6. The summed E-state index contributed by atoms with van der Waals surface area (Å²) in [7, 11) is 0. The Balaban J connectivity index is 1.74. The van der Waals surface area contributed by atoms with Crippen molar-refractivity contribution >= 4 is 34.8 Å². The molecule has 0 aliphatic carbocycles. The van der Waals surface area contributed by atoms with Crippen molar-refractivity contribution in [2.45, 2.75) is 66.1 Å². The summed E-state index contributed by atoms with van der Waals surface area (Å²) in [5.74, 6) is -1.86. The van der Waals surface area contributed by atoms with E-state index in [-0.39, 0.29) is 11.3 Å². The molecule has 2 heterocycles. The van der Waals surface area contributed by atoms with E-state index in [4.69, 9.17) is 28.3 Å². The highest BCUT2D eigenvalue weighted by molar-refractivity contribution is 6.33. The topological polar surface area (TPSA) is 50.2 Å². The van der Waals surface area contributed by atoms with Gasteiger partial charge in [-0.1, -0.05) is 55.2 Å². The molecule has 0 radical (unpaired) electrons. The Morgan fingerprint density at radius 2 is 1.68 bits per heavy atom. The van der Waals surface area contributed by atoms with E-state index in [0.717, 1.165) is 58.6 Å². The van der Waals surface area contributed by atoms with Gasteiger partial charge < -0.3 is 5.32 Å². The minimum absolute atomic E-state index is 0.0803. The Kier molecular flexibility index (Phi) is 7.99. The first-order chi connectivity index (χ1) is 19.5. The van der Waals surface area contributed by atoms with Crippen molar-refractivity contribution in [2.75, 3.05) is 5.32 Å². The molecule has 1 N–H and O–H groups in total. The van der Waals surface area contributed by atoms with Crippen molar-refractivity contribution in [3.05, 3.63) is 98.2 Å². The van der Waals surface area contributed by atoms with Crippen LogP contribution in [0.1, 0.15) is 62.6 Å². The van der Waals surface area contributed by atoms with Crippen molar-refractivity contribution in [3.63, 3.8) is 0 Å². The molecule has 0 fully saturated rings. The van der Waals surface area contributed by atoms with E-state index < -0.39 is 23.1 Å². The minimum atomic E-state index is -0.725. The van der Waals surface area contributed by atoms with Gasteiger partial charge in [0, 0.05) is 47.3 Å². The van der Waals surface area contributed by atoms with E-state index in [1.165, 1.54) is 6.92 Å². The fourth-order valence-electron chi connectivity index (χ4n) is 5.69. The van der Waals surface area contributed by atoms with Gasteiger partial charge in [-0.15, -0.1) is 0 Å². The number of carbonyl (C=O) groups excluding carboxylic acids is 1. The van der Waals surface area contributed by atoms with Gasteiger partial charge >= 0.3 is 0 Å². The lowest BCUT2D eigenvalue weighted by molar-refractivity contribution is -0.114. The number of aryl methyl sites for hydroxylation is 2. The first kappa shape index (κ1) is 29.2. The monoisotopic (exact) mass is 596 g/mol. The largest absolute Gasteiger partial charge is 0.324 e. The Morgan fingerprint density at radius 3 is 2.32 bits per heavy atom. The lowest BCUT2D eigenvalue weighted by Gasteiger charge is -2.32. The molecule has 0 saturated carbocycles. The number of benzene rings is 3. The summed E-state index contributed by atoms with van der Waals surface area (Å²) >= 11 is 12.8. The second-order valence-corrected chi connectivity index (χ2v) is 11.7. The summed E-state index contributed by atoms with van der Waals surface area (Å²) in [5, 5.41) is 8.70. The predicted molar refractivity (Wildman–Crippen MR) is 161 cm³/mol. The zero-order valence-electron chi connectivity index (χ0n) is 23.7. The van der Waals surface area contributed by atoms with Crippen LogP contribution in [0, 0.1) is 11.6 Å². The van der Waals surface area contributed by atoms with Crippen molar-refractivity contribution in [1.29, 1.82) is 0 Å². The standard InChI is InChI=1S/C32H32Cl2F2N4O/c1-6-19-9-8-10-20(7-2)29(19)40-30(23-14-27(36)28(15-26(23)35)37-18(3)41)24-17-39(32(4,5)31(24)38-40)16-21-13-22(33)11-12-25(21)34/h8-15H,6-7,16-17H2,1-5H3,(H,37,41). The minimum Gasteiger partial charge on any atom is -0.324 e. The summed E-state index contributed by atoms with van der Waals surface area (Å²) in [6.45, 7) is 10.5. The van der Waals surface area contributed by atoms with E-state index in [9.17, 15) is 4.79 Å². The summed E-state index contributed by atoms with van der Waals surface area (Å²) in [4.78, 5) is 13.8. The van der Waals surface area contributed by atoms with Gasteiger partial charge in [-0.2, -0.15) is 5.10 Å². The van der Waals surface area contributed by atoms with Crippen molar-refractivity contribution in [3.8, 4) is 16.9 Å². The maximum absolute atomic E-state index is 15.9. The van der Waals surface area contributed by atoms with Crippen LogP contribution in [0.15, 0.2) is 48.5 Å². The van der Waals surface area contributed by atoms with Crippen LogP contribution in [0.25, 0.3) is 16.9 Å². The number of nitrogens with zero attached hydrogens (tertiary/aromatic N) is 3. The van der Waals surface area contributed by atoms with Gasteiger partial charge in [0.25, 0.3) is 0 Å². The number of hydrogen-bond acceptors (Lipinski definition) is 3. The average molecular weight is 598 g/mol. The van der Waals surface area contributed by atoms with Gasteiger partial charge in [-0.05, 0) is 67.6 Å². The van der Waals surface area contributed by atoms with Crippen LogP contribution in [0.2, 0.25) is 10.0 Å². The lowest BCUT2D eigenvalue weighted by Crippen LogP contribution is -2.36. The van der Waals surface area contributed by atoms with E-state index >= 15 is 8.78 Å². The molecular weight excluding hydrogens is 565 g/mol. The number of halogens is 4. The highest BCUT2D eigenvalue weighted by atomic mass is 35.5. The molecule has 41 heavy (non-hydrogen) atoms.